The van der Waals surface area contributed by atoms with Gasteiger partial charge in [-0.3, -0.25) is 0 Å². The Balaban J connectivity index is 2.12. The Bertz CT molecular complexity index is 465. The molecule has 0 bridgehead atoms. The van der Waals surface area contributed by atoms with Gasteiger partial charge in [0, 0.05) is 23.2 Å². The van der Waals surface area contributed by atoms with Crippen LogP contribution in [0.1, 0.15) is 11.8 Å². The van der Waals surface area contributed by atoms with Crippen LogP contribution in [0.2, 0.25) is 0 Å². The summed E-state index contributed by atoms with van der Waals surface area (Å²) in [6.07, 6.45) is 1.94. The molecule has 0 amide bonds. The lowest BCUT2D eigenvalue weighted by Gasteiger charge is -2.00. The molecule has 1 aromatic carbocycles. The van der Waals surface area contributed by atoms with Gasteiger partial charge in [-0.2, -0.15) is 0 Å². The molecule has 1 heterocycles. The molecule has 0 aliphatic carbocycles. The minimum atomic E-state index is 0.873. The molecule has 0 radical (unpaired) electrons. The van der Waals surface area contributed by atoms with Gasteiger partial charge in [0.2, 0.25) is 0 Å². The number of hydrogen-bond donors (Lipinski definition) is 1. The van der Waals surface area contributed by atoms with E-state index < -0.39 is 0 Å². The second-order valence-electron chi connectivity index (χ2n) is 3.64. The van der Waals surface area contributed by atoms with E-state index in [-0.39, 0.29) is 0 Å². The molecule has 0 atom stereocenters. The van der Waals surface area contributed by atoms with Crippen LogP contribution in [0.4, 0.5) is 0 Å². The molecule has 0 aliphatic rings. The first-order valence-electron chi connectivity index (χ1n) is 5.63. The fourth-order valence-corrected chi connectivity index (χ4v) is 2.39. The van der Waals surface area contributed by atoms with Gasteiger partial charge < -0.3 is 10.1 Å². The van der Waals surface area contributed by atoms with Gasteiger partial charge in [0.1, 0.15) is 10.8 Å². The van der Waals surface area contributed by atoms with Gasteiger partial charge in [-0.1, -0.05) is 6.92 Å². The largest absolute Gasteiger partial charge is 0.497 e. The molecule has 3 nitrogen and oxygen atoms in total. The van der Waals surface area contributed by atoms with Crippen molar-refractivity contribution in [2.45, 2.75) is 13.5 Å². The average molecular weight is 248 g/mol. The maximum Gasteiger partial charge on any atom is 0.123 e. The summed E-state index contributed by atoms with van der Waals surface area (Å²) in [7, 11) is 1.67. The van der Waals surface area contributed by atoms with Gasteiger partial charge in [-0.25, -0.2) is 4.98 Å². The third-order valence-electron chi connectivity index (χ3n) is 2.44. The molecule has 2 aromatic rings. The molecule has 0 fully saturated rings. The second-order valence-corrected chi connectivity index (χ2v) is 4.76. The minimum Gasteiger partial charge on any atom is -0.497 e. The van der Waals surface area contributed by atoms with Crippen LogP contribution in [0.15, 0.2) is 30.5 Å². The lowest BCUT2D eigenvalue weighted by Crippen LogP contribution is -2.10. The van der Waals surface area contributed by atoms with Crippen molar-refractivity contribution in [3.05, 3.63) is 35.3 Å². The first-order chi connectivity index (χ1) is 8.33. The monoisotopic (exact) mass is 248 g/mol. The van der Waals surface area contributed by atoms with Crippen molar-refractivity contribution in [3.8, 4) is 16.3 Å². The minimum absolute atomic E-state index is 0.873. The van der Waals surface area contributed by atoms with Crippen molar-refractivity contribution in [1.29, 1.82) is 0 Å². The Hall–Kier alpha value is -1.39. The van der Waals surface area contributed by atoms with Crippen molar-refractivity contribution >= 4 is 11.3 Å². The Labute approximate surface area is 105 Å². The quantitative estimate of drug-likeness (QED) is 0.883. The maximum atomic E-state index is 5.14. The zero-order chi connectivity index (χ0) is 12.1. The van der Waals surface area contributed by atoms with Crippen LogP contribution in [0.3, 0.4) is 0 Å². The van der Waals surface area contributed by atoms with E-state index >= 15 is 0 Å². The van der Waals surface area contributed by atoms with Crippen LogP contribution >= 0.6 is 11.3 Å². The highest BCUT2D eigenvalue weighted by molar-refractivity contribution is 7.15. The topological polar surface area (TPSA) is 34.2 Å². The van der Waals surface area contributed by atoms with Crippen LogP contribution in [0.5, 0.6) is 5.75 Å². The summed E-state index contributed by atoms with van der Waals surface area (Å²) in [5, 5.41) is 4.35. The molecule has 90 valence electrons. The Kier molecular flexibility index (Phi) is 4.12. The number of hydrogen-bond acceptors (Lipinski definition) is 4. The lowest BCUT2D eigenvalue weighted by atomic mass is 10.2. The number of methoxy groups -OCH3 is 1. The summed E-state index contributed by atoms with van der Waals surface area (Å²) in [6.45, 7) is 3.98. The molecule has 0 aliphatic heterocycles. The molecule has 0 saturated carbocycles. The highest BCUT2D eigenvalue weighted by atomic mass is 32.1. The van der Waals surface area contributed by atoms with Crippen molar-refractivity contribution < 1.29 is 4.74 Å². The summed E-state index contributed by atoms with van der Waals surface area (Å²) in [5.41, 5.74) is 1.14. The van der Waals surface area contributed by atoms with E-state index in [2.05, 4.69) is 17.2 Å². The van der Waals surface area contributed by atoms with Crippen LogP contribution in [-0.4, -0.2) is 18.6 Å². The SMILES string of the molecule is CCNCc1cnc(-c2ccc(OC)cc2)s1. The Morgan fingerprint density at radius 3 is 2.71 bits per heavy atom. The van der Waals surface area contributed by atoms with Crippen LogP contribution in [-0.2, 0) is 6.54 Å². The fourth-order valence-electron chi connectivity index (χ4n) is 1.50. The van der Waals surface area contributed by atoms with Gasteiger partial charge in [0.25, 0.3) is 0 Å². The number of aromatic nitrogens is 1. The zero-order valence-corrected chi connectivity index (χ0v) is 10.9. The van der Waals surface area contributed by atoms with E-state index in [1.165, 1.54) is 4.88 Å². The van der Waals surface area contributed by atoms with E-state index in [0.29, 0.717) is 0 Å². The summed E-state index contributed by atoms with van der Waals surface area (Å²) in [4.78, 5) is 5.69. The highest BCUT2D eigenvalue weighted by Gasteiger charge is 2.04. The number of ether oxygens (including phenoxy) is 1. The van der Waals surface area contributed by atoms with Gasteiger partial charge in [-0.05, 0) is 30.8 Å². The summed E-state index contributed by atoms with van der Waals surface area (Å²) in [5.74, 6) is 0.873. The van der Waals surface area contributed by atoms with Crippen LogP contribution < -0.4 is 10.1 Å². The van der Waals surface area contributed by atoms with E-state index in [4.69, 9.17) is 4.74 Å². The Morgan fingerprint density at radius 2 is 2.06 bits per heavy atom. The molecule has 0 unspecified atom stereocenters. The number of nitrogens with zero attached hydrogens (tertiary/aromatic N) is 1. The fraction of sp³-hybridized carbons (Fsp3) is 0.308. The van der Waals surface area contributed by atoms with E-state index in [9.17, 15) is 0 Å². The van der Waals surface area contributed by atoms with Crippen LogP contribution in [0, 0.1) is 0 Å². The molecule has 17 heavy (non-hydrogen) atoms. The van der Waals surface area contributed by atoms with Gasteiger partial charge in [0.05, 0.1) is 7.11 Å². The molecule has 2 rings (SSSR count). The maximum absolute atomic E-state index is 5.14. The van der Waals surface area contributed by atoms with Crippen molar-refractivity contribution in [1.82, 2.24) is 10.3 Å². The van der Waals surface area contributed by atoms with E-state index in [0.717, 1.165) is 29.4 Å². The number of benzene rings is 1. The van der Waals surface area contributed by atoms with Gasteiger partial charge >= 0.3 is 0 Å². The summed E-state index contributed by atoms with van der Waals surface area (Å²) < 4.78 is 5.14. The number of nitrogens with one attached hydrogen (secondary N) is 1. The number of rotatable bonds is 5. The van der Waals surface area contributed by atoms with Crippen molar-refractivity contribution in [3.63, 3.8) is 0 Å². The molecule has 1 N–H and O–H groups in total. The standard InChI is InChI=1S/C13H16N2OS/c1-3-14-8-12-9-15-13(17-12)10-4-6-11(16-2)7-5-10/h4-7,9,14H,3,8H2,1-2H3. The van der Waals surface area contributed by atoms with E-state index in [1.54, 1.807) is 18.4 Å². The normalized spacial score (nSPS) is 10.5. The smallest absolute Gasteiger partial charge is 0.123 e. The highest BCUT2D eigenvalue weighted by Crippen LogP contribution is 2.26. The van der Waals surface area contributed by atoms with Crippen LogP contribution in [0.25, 0.3) is 10.6 Å². The molecule has 0 spiro atoms. The van der Waals surface area contributed by atoms with Gasteiger partial charge in [0.15, 0.2) is 0 Å². The second kappa shape index (κ2) is 5.80. The van der Waals surface area contributed by atoms with E-state index in [1.807, 2.05) is 30.5 Å². The Morgan fingerprint density at radius 1 is 1.29 bits per heavy atom. The zero-order valence-electron chi connectivity index (χ0n) is 10.1. The summed E-state index contributed by atoms with van der Waals surface area (Å²) >= 11 is 1.72. The molecular formula is C13H16N2OS. The third-order valence-corrected chi connectivity index (χ3v) is 3.49. The molecular weight excluding hydrogens is 232 g/mol. The van der Waals surface area contributed by atoms with Crippen molar-refractivity contribution in [2.24, 2.45) is 0 Å². The van der Waals surface area contributed by atoms with Crippen molar-refractivity contribution in [2.75, 3.05) is 13.7 Å². The third kappa shape index (κ3) is 3.05. The first-order valence-corrected chi connectivity index (χ1v) is 6.45. The average Bonchev–Trinajstić information content (AvgIpc) is 2.85. The summed E-state index contributed by atoms with van der Waals surface area (Å²) in [6, 6.07) is 7.99. The molecule has 0 saturated heterocycles. The molecule has 4 heteroatoms. The predicted molar refractivity (Wildman–Crippen MR) is 71.5 cm³/mol. The number of thiazole rings is 1. The molecule has 1 aromatic heterocycles. The first kappa shape index (κ1) is 12.1. The lowest BCUT2D eigenvalue weighted by molar-refractivity contribution is 0.415. The predicted octanol–water partition coefficient (Wildman–Crippen LogP) is 2.93. The van der Waals surface area contributed by atoms with Gasteiger partial charge in [-0.15, -0.1) is 11.3 Å².